The lowest BCUT2D eigenvalue weighted by Gasteiger charge is -2.37. The van der Waals surface area contributed by atoms with Crippen LogP contribution in [0.5, 0.6) is 0 Å². The highest BCUT2D eigenvalue weighted by molar-refractivity contribution is 6.01. The largest absolute Gasteiger partial charge is 0.394 e. The molecule has 9 nitrogen and oxygen atoms in total. The molecule has 56 heavy (non-hydrogen) atoms. The van der Waals surface area contributed by atoms with Crippen LogP contribution >= 0.6 is 0 Å². The van der Waals surface area contributed by atoms with Crippen LogP contribution < -0.4 is 0 Å². The summed E-state index contributed by atoms with van der Waals surface area (Å²) >= 11 is 0. The molecule has 1 aliphatic rings. The third kappa shape index (κ3) is 16.7. The van der Waals surface area contributed by atoms with Crippen LogP contribution in [0.4, 0.5) is 0 Å². The maximum absolute atomic E-state index is 13.2. The Labute approximate surface area is 335 Å². The summed E-state index contributed by atoms with van der Waals surface area (Å²) in [6.07, 6.45) is 19.6. The van der Waals surface area contributed by atoms with Gasteiger partial charge in [-0.3, -0.25) is 9.59 Å². The molecule has 0 radical (unpaired) electrons. The first-order chi connectivity index (χ1) is 25.9. The third-order valence-electron chi connectivity index (χ3n) is 9.54. The highest BCUT2D eigenvalue weighted by Gasteiger charge is 2.39. The lowest BCUT2D eigenvalue weighted by Crippen LogP contribution is -2.48. The lowest BCUT2D eigenvalue weighted by atomic mass is 9.71. The molecule has 0 saturated heterocycles. The standard InChI is InChI=1S/C47H68O9/c1-30(19-15-21-32(3)23-25-37(46(8,9)10)34(5)42(52)36(7)49)17-13-14-18-31(2)20-16-22-33(4)24-26-38-35(6)43(53)41(27-47(38,11)12)56-29-40(51)45(55)44(54)39(50)28-48/h13-26,36,39-41,44-45,48-51,54-55H,27-29H2,1-12H3/b14-13+,19-15+,20-16+,25-23+,26-24+,30-17+,31-18+,32-21+,33-22+,37-34-. The van der Waals surface area contributed by atoms with Gasteiger partial charge in [0.05, 0.1) is 13.2 Å². The number of carbonyl (C=O) groups excluding carboxylic acids is 2. The number of aliphatic hydroxyl groups excluding tert-OH is 6. The van der Waals surface area contributed by atoms with Crippen molar-refractivity contribution in [2.45, 2.75) is 126 Å². The second kappa shape index (κ2) is 23.4. The molecule has 6 N–H and O–H groups in total. The van der Waals surface area contributed by atoms with Gasteiger partial charge in [-0.2, -0.15) is 0 Å². The molecule has 9 heteroatoms. The minimum Gasteiger partial charge on any atom is -0.394 e. The van der Waals surface area contributed by atoms with Crippen LogP contribution in [0.25, 0.3) is 0 Å². The molecule has 0 aliphatic heterocycles. The molecule has 0 spiro atoms. The lowest BCUT2D eigenvalue weighted by molar-refractivity contribution is -0.146. The highest BCUT2D eigenvalue weighted by atomic mass is 16.5. The maximum atomic E-state index is 13.2. The monoisotopic (exact) mass is 776 g/mol. The van der Waals surface area contributed by atoms with Gasteiger partial charge in [-0.05, 0) is 88.0 Å². The Hall–Kier alpha value is -3.80. The molecule has 0 aromatic carbocycles. The molecule has 1 aliphatic carbocycles. The van der Waals surface area contributed by atoms with Gasteiger partial charge in [0.25, 0.3) is 0 Å². The van der Waals surface area contributed by atoms with Gasteiger partial charge in [0.1, 0.15) is 36.6 Å². The molecule has 0 aromatic rings. The van der Waals surface area contributed by atoms with Crippen LogP contribution in [0, 0.1) is 10.8 Å². The van der Waals surface area contributed by atoms with E-state index in [1.54, 1.807) is 13.8 Å². The highest BCUT2D eigenvalue weighted by Crippen LogP contribution is 2.41. The molecular weight excluding hydrogens is 709 g/mol. The van der Waals surface area contributed by atoms with Gasteiger partial charge in [-0.15, -0.1) is 0 Å². The minimum absolute atomic E-state index is 0.225. The zero-order valence-corrected chi connectivity index (χ0v) is 35.6. The second-order valence-corrected chi connectivity index (χ2v) is 16.4. The molecule has 0 heterocycles. The Morgan fingerprint density at radius 1 is 0.768 bits per heavy atom. The van der Waals surface area contributed by atoms with Crippen molar-refractivity contribution in [2.75, 3.05) is 13.2 Å². The van der Waals surface area contributed by atoms with Crippen molar-refractivity contribution in [3.8, 4) is 0 Å². The Balaban J connectivity index is 2.87. The topological polar surface area (TPSA) is 165 Å². The first kappa shape index (κ1) is 50.2. The summed E-state index contributed by atoms with van der Waals surface area (Å²) in [7, 11) is 0. The van der Waals surface area contributed by atoms with Crippen molar-refractivity contribution < 1.29 is 45.0 Å². The third-order valence-corrected chi connectivity index (χ3v) is 9.54. The number of carbonyl (C=O) groups is 2. The number of ketones is 2. The molecule has 1 rings (SSSR count). The Morgan fingerprint density at radius 3 is 1.71 bits per heavy atom. The zero-order chi connectivity index (χ0) is 43.0. The van der Waals surface area contributed by atoms with Crippen LogP contribution in [0.3, 0.4) is 0 Å². The molecule has 0 aromatic heterocycles. The molecule has 0 saturated carbocycles. The van der Waals surface area contributed by atoms with Crippen molar-refractivity contribution in [3.05, 3.63) is 130 Å². The van der Waals surface area contributed by atoms with Gasteiger partial charge < -0.3 is 35.4 Å². The van der Waals surface area contributed by atoms with E-state index in [1.165, 1.54) is 6.92 Å². The van der Waals surface area contributed by atoms with E-state index < -0.39 is 55.3 Å². The van der Waals surface area contributed by atoms with E-state index in [4.69, 9.17) is 9.84 Å². The van der Waals surface area contributed by atoms with Crippen LogP contribution in [-0.4, -0.2) is 92.0 Å². The molecule has 0 fully saturated rings. The molecule has 6 atom stereocenters. The summed E-state index contributed by atoms with van der Waals surface area (Å²) in [6, 6.07) is 0. The van der Waals surface area contributed by atoms with E-state index in [2.05, 4.69) is 20.8 Å². The van der Waals surface area contributed by atoms with Crippen LogP contribution in [0.2, 0.25) is 0 Å². The van der Waals surface area contributed by atoms with Gasteiger partial charge in [0.15, 0.2) is 11.6 Å². The Kier molecular flexibility index (Phi) is 21.0. The summed E-state index contributed by atoms with van der Waals surface area (Å²) in [5, 5.41) is 58.4. The van der Waals surface area contributed by atoms with E-state index in [0.29, 0.717) is 17.6 Å². The smallest absolute Gasteiger partial charge is 0.187 e. The number of allylic oxidation sites excluding steroid dienone is 20. The summed E-state index contributed by atoms with van der Waals surface area (Å²) in [4.78, 5) is 25.6. The molecule has 0 amide bonds. The van der Waals surface area contributed by atoms with E-state index in [1.807, 2.05) is 127 Å². The van der Waals surface area contributed by atoms with Crippen molar-refractivity contribution in [1.82, 2.24) is 0 Å². The minimum atomic E-state index is -1.77. The Morgan fingerprint density at radius 2 is 1.23 bits per heavy atom. The van der Waals surface area contributed by atoms with Gasteiger partial charge >= 0.3 is 0 Å². The van der Waals surface area contributed by atoms with Gasteiger partial charge in [-0.1, -0.05) is 142 Å². The normalized spacial score (nSPS) is 21.5. The molecule has 310 valence electrons. The van der Waals surface area contributed by atoms with E-state index in [0.717, 1.165) is 33.4 Å². The molecule has 6 unspecified atom stereocenters. The van der Waals surface area contributed by atoms with E-state index >= 15 is 0 Å². The predicted molar refractivity (Wildman–Crippen MR) is 227 cm³/mol. The number of ether oxygens (including phenoxy) is 1. The number of hydrogen-bond donors (Lipinski definition) is 6. The van der Waals surface area contributed by atoms with Crippen molar-refractivity contribution >= 4 is 11.6 Å². The SMILES string of the molecule is CC1=C(/C=C/C(C)=C/C=C/C(C)=C/C=C/C=C(C)/C=C/C=C(C)/C=C/C(=C(\C)C(=O)C(C)O)C(C)(C)C)C(C)(C)CC(OCC(O)C(O)C(O)C(O)CO)C1=O. The summed E-state index contributed by atoms with van der Waals surface area (Å²) in [5.41, 5.74) is 6.39. The Bertz CT molecular complexity index is 1690. The first-order valence-corrected chi connectivity index (χ1v) is 19.2. The van der Waals surface area contributed by atoms with Crippen LogP contribution in [0.15, 0.2) is 130 Å². The fraction of sp³-hybridized carbons (Fsp3) is 0.489. The van der Waals surface area contributed by atoms with Gasteiger partial charge in [-0.25, -0.2) is 0 Å². The fourth-order valence-electron chi connectivity index (χ4n) is 6.06. The zero-order valence-electron chi connectivity index (χ0n) is 35.6. The molecular formula is C47H68O9. The number of rotatable bonds is 19. The number of aliphatic hydroxyl groups is 6. The summed E-state index contributed by atoms with van der Waals surface area (Å²) in [5.74, 6) is -0.485. The first-order valence-electron chi connectivity index (χ1n) is 19.2. The average molecular weight is 777 g/mol. The quantitative estimate of drug-likeness (QED) is 0.0599. The van der Waals surface area contributed by atoms with Gasteiger partial charge in [0, 0.05) is 0 Å². The number of hydrogen-bond acceptors (Lipinski definition) is 9. The van der Waals surface area contributed by atoms with E-state index in [-0.39, 0.29) is 17.0 Å². The summed E-state index contributed by atoms with van der Waals surface area (Å²) in [6.45, 7) is 22.0. The van der Waals surface area contributed by atoms with Crippen LogP contribution in [0.1, 0.15) is 89.5 Å². The van der Waals surface area contributed by atoms with Crippen molar-refractivity contribution in [2.24, 2.45) is 10.8 Å². The maximum Gasteiger partial charge on any atom is 0.187 e. The fourth-order valence-corrected chi connectivity index (χ4v) is 6.06. The average Bonchev–Trinajstić information content (AvgIpc) is 3.11. The van der Waals surface area contributed by atoms with Crippen LogP contribution in [-0.2, 0) is 14.3 Å². The molecule has 0 bridgehead atoms. The predicted octanol–water partition coefficient (Wildman–Crippen LogP) is 7.00. The van der Waals surface area contributed by atoms with Crippen molar-refractivity contribution in [3.63, 3.8) is 0 Å². The van der Waals surface area contributed by atoms with Gasteiger partial charge in [0.2, 0.25) is 0 Å². The van der Waals surface area contributed by atoms with E-state index in [9.17, 15) is 35.1 Å². The van der Waals surface area contributed by atoms with Crippen molar-refractivity contribution in [1.29, 1.82) is 0 Å². The second-order valence-electron chi connectivity index (χ2n) is 16.4. The summed E-state index contributed by atoms with van der Waals surface area (Å²) < 4.78 is 5.68. The number of Topliss-reactive ketones (excluding diaryl/α,β-unsaturated/α-hetero) is 2.